The Kier molecular flexibility index (Phi) is 4.76. The van der Waals surface area contributed by atoms with Crippen LogP contribution in [0.2, 0.25) is 5.54 Å². The monoisotopic (exact) mass is 362 g/mol. The molecule has 0 nitrogen and oxygen atoms in total. The molecule has 6 unspecified atom stereocenters. The van der Waals surface area contributed by atoms with E-state index >= 15 is 0 Å². The second-order valence-electron chi connectivity index (χ2n) is 7.50. The molecule has 4 aliphatic carbocycles. The summed E-state index contributed by atoms with van der Waals surface area (Å²) in [6, 6.07) is 0. The molecule has 0 spiro atoms. The van der Waals surface area contributed by atoms with Crippen molar-refractivity contribution in [3.8, 4) is 0 Å². The molecule has 0 amide bonds. The van der Waals surface area contributed by atoms with Crippen molar-refractivity contribution in [2.24, 2.45) is 35.5 Å². The summed E-state index contributed by atoms with van der Waals surface area (Å²) in [6.07, 6.45) is 21.1. The lowest BCUT2D eigenvalue weighted by molar-refractivity contribution is 0.602. The van der Waals surface area contributed by atoms with Gasteiger partial charge in [-0.1, -0.05) is 61.8 Å². The quantitative estimate of drug-likeness (QED) is 0.250. The van der Waals surface area contributed by atoms with Crippen LogP contribution in [0.15, 0.2) is 84.4 Å². The van der Waals surface area contributed by atoms with Gasteiger partial charge in [0.1, 0.15) is 0 Å². The van der Waals surface area contributed by atoms with E-state index in [1.54, 1.807) is 0 Å². The van der Waals surface area contributed by atoms with Crippen molar-refractivity contribution < 1.29 is 0 Å². The number of hydrogen-bond acceptors (Lipinski definition) is 0. The minimum atomic E-state index is 0.296. The van der Waals surface area contributed by atoms with Crippen LogP contribution in [0, 0.1) is 35.5 Å². The van der Waals surface area contributed by atoms with Crippen molar-refractivity contribution in [2.75, 3.05) is 0 Å². The van der Waals surface area contributed by atoms with Gasteiger partial charge >= 0.3 is 0 Å². The highest BCUT2D eigenvalue weighted by molar-refractivity contribution is 6.95. The Balaban J connectivity index is 1.46. The largest absolute Gasteiger partial charge is 0.183 e. The van der Waals surface area contributed by atoms with Gasteiger partial charge in [-0.3, -0.25) is 0 Å². The number of rotatable bonds is 5. The van der Waals surface area contributed by atoms with Crippen molar-refractivity contribution in [1.82, 2.24) is 0 Å². The first-order valence-electron chi connectivity index (χ1n) is 9.14. The average Bonchev–Trinajstić information content (AvgIpc) is 3.41. The third-order valence-corrected chi connectivity index (χ3v) is 7.65. The SMILES string of the molecule is C=C=C1C2C=CC(C2)C1C=CC(C=CC1C(=C=C)C2C=CC1C2)[Si]Cl. The fourth-order valence-electron chi connectivity index (χ4n) is 5.01. The molecule has 2 fully saturated rings. The molecule has 25 heavy (non-hydrogen) atoms. The number of fused-ring (bicyclic) bond motifs is 4. The van der Waals surface area contributed by atoms with Crippen LogP contribution in [-0.4, -0.2) is 8.83 Å². The van der Waals surface area contributed by atoms with E-state index in [-0.39, 0.29) is 0 Å². The Labute approximate surface area is 158 Å². The summed E-state index contributed by atoms with van der Waals surface area (Å²) in [7, 11) is 0.360. The van der Waals surface area contributed by atoms with Crippen molar-refractivity contribution in [1.29, 1.82) is 0 Å². The van der Waals surface area contributed by atoms with E-state index < -0.39 is 0 Å². The van der Waals surface area contributed by atoms with Gasteiger partial charge in [-0.15, -0.1) is 11.5 Å². The van der Waals surface area contributed by atoms with Crippen molar-refractivity contribution in [2.45, 2.75) is 18.4 Å². The fraction of sp³-hybridized carbons (Fsp3) is 0.391. The number of hydrogen-bond donors (Lipinski definition) is 0. The molecule has 0 aromatic carbocycles. The van der Waals surface area contributed by atoms with Crippen LogP contribution in [0.5, 0.6) is 0 Å². The molecule has 2 saturated carbocycles. The lowest BCUT2D eigenvalue weighted by atomic mass is 9.88. The molecule has 6 atom stereocenters. The van der Waals surface area contributed by atoms with Gasteiger partial charge in [0.05, 0.1) is 0 Å². The lowest BCUT2D eigenvalue weighted by Gasteiger charge is -2.18. The normalized spacial score (nSPS) is 39.1. The maximum Gasteiger partial charge on any atom is 0.183 e. The van der Waals surface area contributed by atoms with E-state index in [1.165, 1.54) is 24.0 Å². The van der Waals surface area contributed by atoms with E-state index in [4.69, 9.17) is 11.1 Å². The van der Waals surface area contributed by atoms with Gasteiger partial charge in [0.15, 0.2) is 8.83 Å². The predicted molar refractivity (Wildman–Crippen MR) is 107 cm³/mol. The molecule has 4 aliphatic rings. The molecule has 0 aromatic rings. The van der Waals surface area contributed by atoms with Crippen LogP contribution in [0.1, 0.15) is 12.8 Å². The molecule has 2 heteroatoms. The van der Waals surface area contributed by atoms with Crippen LogP contribution in [-0.2, 0) is 0 Å². The third-order valence-electron chi connectivity index (χ3n) is 6.26. The maximum atomic E-state index is 6.26. The van der Waals surface area contributed by atoms with Gasteiger partial charge in [0, 0.05) is 29.2 Å². The minimum absolute atomic E-state index is 0.296. The predicted octanol–water partition coefficient (Wildman–Crippen LogP) is 5.81. The summed E-state index contributed by atoms with van der Waals surface area (Å²) >= 11 is 6.26. The molecule has 4 rings (SSSR count). The Bertz CT molecular complexity index is 706. The Morgan fingerprint density at radius 2 is 1.40 bits per heavy atom. The first-order valence-corrected chi connectivity index (χ1v) is 11.2. The summed E-state index contributed by atoms with van der Waals surface area (Å²) in [5.74, 6) is 3.30. The maximum absolute atomic E-state index is 6.26. The molecule has 2 radical (unpaired) electrons. The highest BCUT2D eigenvalue weighted by atomic mass is 35.6. The zero-order valence-corrected chi connectivity index (χ0v) is 16.1. The molecule has 0 N–H and O–H groups in total. The minimum Gasteiger partial charge on any atom is -0.170 e. The van der Waals surface area contributed by atoms with E-state index in [9.17, 15) is 0 Å². The van der Waals surface area contributed by atoms with Gasteiger partial charge in [0.25, 0.3) is 0 Å². The molecule has 0 heterocycles. The zero-order chi connectivity index (χ0) is 17.4. The summed E-state index contributed by atoms with van der Waals surface area (Å²) in [5.41, 5.74) is 9.39. The molecule has 0 aromatic heterocycles. The van der Waals surface area contributed by atoms with E-state index in [0.29, 0.717) is 49.9 Å². The van der Waals surface area contributed by atoms with Gasteiger partial charge in [-0.05, 0) is 35.8 Å². The summed E-state index contributed by atoms with van der Waals surface area (Å²) in [5, 5.41) is 0. The summed E-state index contributed by atoms with van der Waals surface area (Å²) in [4.78, 5) is 0. The van der Waals surface area contributed by atoms with Crippen LogP contribution in [0.25, 0.3) is 0 Å². The highest BCUT2D eigenvalue weighted by Gasteiger charge is 2.39. The topological polar surface area (TPSA) is 0 Å². The zero-order valence-electron chi connectivity index (χ0n) is 14.4. The van der Waals surface area contributed by atoms with E-state index in [2.05, 4.69) is 73.2 Å². The number of halogens is 1. The molecule has 126 valence electrons. The van der Waals surface area contributed by atoms with E-state index in [0.717, 1.165) is 0 Å². The molecule has 0 aliphatic heterocycles. The molecule has 0 saturated heterocycles. The summed E-state index contributed by atoms with van der Waals surface area (Å²) < 4.78 is 0. The molecular formula is C23H23ClSi. The van der Waals surface area contributed by atoms with Gasteiger partial charge in [-0.2, -0.15) is 11.1 Å². The molecular weight excluding hydrogens is 340 g/mol. The standard InChI is InChI=1S/C23H23ClSi/c1-3-20-15-5-7-17(13-15)22(20)11-9-19(25-24)10-12-23-18-8-6-16(14-18)21(23)4-2/h5-12,15-19,22-23H,1-2,13-14H2. The fourth-order valence-corrected chi connectivity index (χ4v) is 5.81. The van der Waals surface area contributed by atoms with Crippen LogP contribution in [0.4, 0.5) is 0 Å². The first kappa shape index (κ1) is 16.9. The second-order valence-corrected chi connectivity index (χ2v) is 9.04. The van der Waals surface area contributed by atoms with Crippen molar-refractivity contribution >= 4 is 19.9 Å². The Morgan fingerprint density at radius 1 is 0.920 bits per heavy atom. The first-order chi connectivity index (χ1) is 12.2. The smallest absolute Gasteiger partial charge is 0.170 e. The summed E-state index contributed by atoms with van der Waals surface area (Å²) in [6.45, 7) is 7.79. The Morgan fingerprint density at radius 3 is 1.80 bits per heavy atom. The van der Waals surface area contributed by atoms with Gasteiger partial charge in [0.2, 0.25) is 0 Å². The van der Waals surface area contributed by atoms with Crippen molar-refractivity contribution in [3.05, 3.63) is 84.4 Å². The second kappa shape index (κ2) is 7.02. The van der Waals surface area contributed by atoms with Gasteiger partial charge in [-0.25, -0.2) is 0 Å². The lowest BCUT2D eigenvalue weighted by Crippen LogP contribution is -2.08. The van der Waals surface area contributed by atoms with Crippen molar-refractivity contribution in [3.63, 3.8) is 0 Å². The van der Waals surface area contributed by atoms with Crippen LogP contribution < -0.4 is 0 Å². The van der Waals surface area contributed by atoms with Gasteiger partial charge < -0.3 is 0 Å². The number of allylic oxidation sites excluding steroid dienone is 10. The Hall–Kier alpha value is -1.49. The molecule has 4 bridgehead atoms. The third kappa shape index (κ3) is 2.96. The van der Waals surface area contributed by atoms with Crippen LogP contribution >= 0.6 is 11.1 Å². The average molecular weight is 363 g/mol. The highest BCUT2D eigenvalue weighted by Crippen LogP contribution is 2.49. The van der Waals surface area contributed by atoms with E-state index in [1.807, 2.05) is 0 Å². The van der Waals surface area contributed by atoms with Crippen LogP contribution in [0.3, 0.4) is 0 Å².